The molecule has 2 heterocycles. The van der Waals surface area contributed by atoms with Crippen LogP contribution in [0.1, 0.15) is 18.9 Å². The second-order valence-corrected chi connectivity index (χ2v) is 6.49. The molecule has 1 aliphatic rings. The highest BCUT2D eigenvalue weighted by Gasteiger charge is 2.26. The van der Waals surface area contributed by atoms with Gasteiger partial charge >= 0.3 is 6.03 Å². The molecular formula is C20H25FN4O3. The monoisotopic (exact) mass is 388 g/mol. The average Bonchev–Trinajstić information content (AvgIpc) is 3.15. The molecule has 1 unspecified atom stereocenters. The van der Waals surface area contributed by atoms with Crippen LogP contribution in [0.3, 0.4) is 0 Å². The van der Waals surface area contributed by atoms with E-state index in [-0.39, 0.29) is 17.9 Å². The van der Waals surface area contributed by atoms with Crippen LogP contribution in [0, 0.1) is 5.82 Å². The number of hydrogen-bond donors (Lipinski definition) is 2. The number of benzene rings is 1. The van der Waals surface area contributed by atoms with Crippen molar-refractivity contribution in [1.29, 1.82) is 0 Å². The molecule has 8 heteroatoms. The van der Waals surface area contributed by atoms with Gasteiger partial charge in [0.2, 0.25) is 0 Å². The average molecular weight is 388 g/mol. The lowest BCUT2D eigenvalue weighted by Gasteiger charge is -2.18. The predicted octanol–water partition coefficient (Wildman–Crippen LogP) is 2.71. The number of urea groups is 1. The molecule has 2 amide bonds. The number of pyridine rings is 1. The van der Waals surface area contributed by atoms with Crippen molar-refractivity contribution in [3.63, 3.8) is 0 Å². The second-order valence-electron chi connectivity index (χ2n) is 6.49. The summed E-state index contributed by atoms with van der Waals surface area (Å²) in [4.78, 5) is 18.2. The maximum atomic E-state index is 13.9. The van der Waals surface area contributed by atoms with Gasteiger partial charge in [0.15, 0.2) is 23.1 Å². The van der Waals surface area contributed by atoms with Gasteiger partial charge in [-0.1, -0.05) is 6.07 Å². The highest BCUT2D eigenvalue weighted by Crippen LogP contribution is 2.28. The van der Waals surface area contributed by atoms with Gasteiger partial charge < -0.3 is 25.0 Å². The van der Waals surface area contributed by atoms with Crippen LogP contribution in [0.2, 0.25) is 0 Å². The van der Waals surface area contributed by atoms with Gasteiger partial charge in [0.05, 0.1) is 13.7 Å². The Kier molecular flexibility index (Phi) is 6.52. The van der Waals surface area contributed by atoms with E-state index >= 15 is 0 Å². The molecule has 150 valence electrons. The van der Waals surface area contributed by atoms with Crippen LogP contribution in [-0.2, 0) is 6.54 Å². The van der Waals surface area contributed by atoms with Crippen LogP contribution in [0.4, 0.5) is 15.0 Å². The first-order valence-electron chi connectivity index (χ1n) is 9.30. The van der Waals surface area contributed by atoms with E-state index in [0.717, 1.165) is 12.0 Å². The summed E-state index contributed by atoms with van der Waals surface area (Å²) in [6, 6.07) is 8.18. The third-order valence-electron chi connectivity index (χ3n) is 4.54. The molecule has 0 radical (unpaired) electrons. The zero-order chi connectivity index (χ0) is 19.9. The fourth-order valence-corrected chi connectivity index (χ4v) is 3.20. The predicted molar refractivity (Wildman–Crippen MR) is 104 cm³/mol. The molecule has 3 rings (SSSR count). The Morgan fingerprint density at radius 1 is 1.36 bits per heavy atom. The smallest absolute Gasteiger partial charge is 0.315 e. The van der Waals surface area contributed by atoms with Gasteiger partial charge in [-0.2, -0.15) is 0 Å². The van der Waals surface area contributed by atoms with Crippen molar-refractivity contribution < 1.29 is 18.7 Å². The van der Waals surface area contributed by atoms with Crippen molar-refractivity contribution >= 4 is 11.8 Å². The molecule has 0 aliphatic carbocycles. The first kappa shape index (κ1) is 19.7. The normalized spacial score (nSPS) is 16.0. The van der Waals surface area contributed by atoms with E-state index in [4.69, 9.17) is 9.47 Å². The van der Waals surface area contributed by atoms with Crippen molar-refractivity contribution in [3.8, 4) is 11.5 Å². The maximum Gasteiger partial charge on any atom is 0.315 e. The number of ether oxygens (including phenoxy) is 2. The van der Waals surface area contributed by atoms with E-state index in [1.54, 1.807) is 19.4 Å². The molecule has 1 fully saturated rings. The summed E-state index contributed by atoms with van der Waals surface area (Å²) < 4.78 is 24.7. The topological polar surface area (TPSA) is 75.7 Å². The summed E-state index contributed by atoms with van der Waals surface area (Å²) in [6.45, 7) is 3.97. The molecule has 0 spiro atoms. The summed E-state index contributed by atoms with van der Waals surface area (Å²) in [7, 11) is 1.59. The fraction of sp³-hybridized carbons (Fsp3) is 0.400. The summed E-state index contributed by atoms with van der Waals surface area (Å²) in [6.07, 6.45) is 2.30. The lowest BCUT2D eigenvalue weighted by Crippen LogP contribution is -2.43. The Labute approximate surface area is 163 Å². The Hall–Kier alpha value is -3.03. The largest absolute Gasteiger partial charge is 0.493 e. The number of nitrogens with zero attached hydrogens (tertiary/aromatic N) is 2. The van der Waals surface area contributed by atoms with Gasteiger partial charge in [0.1, 0.15) is 0 Å². The Bertz CT molecular complexity index is 818. The Balaban J connectivity index is 1.50. The highest BCUT2D eigenvalue weighted by molar-refractivity contribution is 5.74. The number of amides is 2. The van der Waals surface area contributed by atoms with Gasteiger partial charge in [-0.3, -0.25) is 0 Å². The van der Waals surface area contributed by atoms with E-state index in [2.05, 4.69) is 15.6 Å². The van der Waals surface area contributed by atoms with E-state index < -0.39 is 0 Å². The molecular weight excluding hydrogens is 363 g/mol. The molecule has 0 saturated carbocycles. The number of halogens is 1. The summed E-state index contributed by atoms with van der Waals surface area (Å²) in [5.41, 5.74) is 0.906. The van der Waals surface area contributed by atoms with Crippen LogP contribution < -0.4 is 25.0 Å². The molecule has 1 atom stereocenters. The van der Waals surface area contributed by atoms with Gasteiger partial charge in [-0.25, -0.2) is 14.2 Å². The van der Waals surface area contributed by atoms with E-state index in [9.17, 15) is 9.18 Å². The number of hydrogen-bond acceptors (Lipinski definition) is 5. The number of methoxy groups -OCH3 is 1. The Morgan fingerprint density at radius 3 is 2.96 bits per heavy atom. The van der Waals surface area contributed by atoms with E-state index in [0.29, 0.717) is 43.6 Å². The highest BCUT2D eigenvalue weighted by atomic mass is 19.1. The number of anilines is 1. The Morgan fingerprint density at radius 2 is 2.21 bits per heavy atom. The zero-order valence-corrected chi connectivity index (χ0v) is 16.1. The molecule has 2 N–H and O–H groups in total. The number of carbonyl (C=O) groups is 1. The lowest BCUT2D eigenvalue weighted by atomic mass is 10.2. The van der Waals surface area contributed by atoms with Crippen molar-refractivity contribution in [2.45, 2.75) is 25.9 Å². The third-order valence-corrected chi connectivity index (χ3v) is 4.54. The van der Waals surface area contributed by atoms with Crippen LogP contribution in [0.5, 0.6) is 11.5 Å². The standard InChI is InChI=1S/C20H25FN4O3/c1-3-28-18-11-14(6-7-17(18)27-2)12-23-20(26)24-15-8-10-25(13-15)19-16(21)5-4-9-22-19/h4-7,9,11,15H,3,8,10,12-13H2,1-2H3,(H2,23,24,26). The zero-order valence-electron chi connectivity index (χ0n) is 16.1. The first-order chi connectivity index (χ1) is 13.6. The van der Waals surface area contributed by atoms with Crippen molar-refractivity contribution in [2.75, 3.05) is 31.7 Å². The van der Waals surface area contributed by atoms with Crippen LogP contribution in [-0.4, -0.2) is 43.9 Å². The number of nitrogens with one attached hydrogen (secondary N) is 2. The molecule has 0 bridgehead atoms. The van der Waals surface area contributed by atoms with Crippen molar-refractivity contribution in [3.05, 3.63) is 47.9 Å². The molecule has 1 aliphatic heterocycles. The summed E-state index contributed by atoms with van der Waals surface area (Å²) in [5, 5.41) is 5.78. The first-order valence-corrected chi connectivity index (χ1v) is 9.30. The number of aromatic nitrogens is 1. The van der Waals surface area contributed by atoms with Gasteiger partial charge in [-0.15, -0.1) is 0 Å². The third kappa shape index (κ3) is 4.82. The number of rotatable bonds is 7. The van der Waals surface area contributed by atoms with E-state index in [1.165, 1.54) is 6.07 Å². The van der Waals surface area contributed by atoms with E-state index in [1.807, 2.05) is 30.0 Å². The van der Waals surface area contributed by atoms with Crippen molar-refractivity contribution in [2.24, 2.45) is 0 Å². The van der Waals surface area contributed by atoms with Crippen LogP contribution in [0.25, 0.3) is 0 Å². The van der Waals surface area contributed by atoms with Crippen LogP contribution >= 0.6 is 0 Å². The second kappa shape index (κ2) is 9.25. The maximum absolute atomic E-state index is 13.9. The minimum absolute atomic E-state index is 0.0590. The van der Waals surface area contributed by atoms with Crippen LogP contribution in [0.15, 0.2) is 36.5 Å². The summed E-state index contributed by atoms with van der Waals surface area (Å²) in [5.74, 6) is 1.28. The molecule has 28 heavy (non-hydrogen) atoms. The SMILES string of the molecule is CCOc1cc(CNC(=O)NC2CCN(c3ncccc3F)C2)ccc1OC. The quantitative estimate of drug-likeness (QED) is 0.763. The lowest BCUT2D eigenvalue weighted by molar-refractivity contribution is 0.237. The van der Waals surface area contributed by atoms with Gasteiger partial charge in [0, 0.05) is 31.9 Å². The molecule has 1 saturated heterocycles. The molecule has 1 aromatic heterocycles. The molecule has 1 aromatic carbocycles. The molecule has 7 nitrogen and oxygen atoms in total. The number of carbonyl (C=O) groups excluding carboxylic acids is 1. The van der Waals surface area contributed by atoms with Crippen molar-refractivity contribution in [1.82, 2.24) is 15.6 Å². The molecule has 2 aromatic rings. The van der Waals surface area contributed by atoms with Gasteiger partial charge in [-0.05, 0) is 43.2 Å². The minimum Gasteiger partial charge on any atom is -0.493 e. The fourth-order valence-electron chi connectivity index (χ4n) is 3.20. The summed E-state index contributed by atoms with van der Waals surface area (Å²) >= 11 is 0. The minimum atomic E-state index is -0.350. The van der Waals surface area contributed by atoms with Gasteiger partial charge in [0.25, 0.3) is 0 Å².